The van der Waals surface area contributed by atoms with Crippen LogP contribution in [0.2, 0.25) is 0 Å². The van der Waals surface area contributed by atoms with Crippen molar-refractivity contribution in [1.82, 2.24) is 5.32 Å². The van der Waals surface area contributed by atoms with Crippen LogP contribution in [0.1, 0.15) is 11.1 Å². The molecule has 0 spiro atoms. The van der Waals surface area contributed by atoms with Crippen LogP contribution in [0.25, 0.3) is 0 Å². The van der Waals surface area contributed by atoms with Crippen molar-refractivity contribution in [2.24, 2.45) is 5.73 Å². The van der Waals surface area contributed by atoms with Gasteiger partial charge in [0.05, 0.1) is 6.61 Å². The zero-order valence-electron chi connectivity index (χ0n) is 9.85. The number of nitrogens with two attached hydrogens (primary N) is 1. The molecule has 5 heteroatoms. The van der Waals surface area contributed by atoms with Crippen molar-refractivity contribution in [3.63, 3.8) is 0 Å². The van der Waals surface area contributed by atoms with Gasteiger partial charge >= 0.3 is 5.97 Å². The van der Waals surface area contributed by atoms with Crippen LogP contribution in [0, 0.1) is 0 Å². The van der Waals surface area contributed by atoms with Gasteiger partial charge in [-0.05, 0) is 11.1 Å². The van der Waals surface area contributed by atoms with Gasteiger partial charge in [-0.1, -0.05) is 24.3 Å². The van der Waals surface area contributed by atoms with Crippen LogP contribution in [0.4, 0.5) is 0 Å². The number of carboxylic acid groups (broad SMARTS) is 1. The van der Waals surface area contributed by atoms with Crippen molar-refractivity contribution in [1.29, 1.82) is 0 Å². The van der Waals surface area contributed by atoms with Gasteiger partial charge in [0.25, 0.3) is 0 Å². The van der Waals surface area contributed by atoms with Gasteiger partial charge in [-0.3, -0.25) is 4.79 Å². The Hall–Kier alpha value is -1.43. The third kappa shape index (κ3) is 4.52. The molecule has 1 rings (SSSR count). The molecular weight excluding hydrogens is 220 g/mol. The molecule has 1 unspecified atom stereocenters. The molecule has 1 aromatic rings. The molecule has 0 fully saturated rings. The molecule has 0 saturated carbocycles. The first-order chi connectivity index (χ1) is 8.15. The minimum absolute atomic E-state index is 0.247. The molecule has 0 aliphatic heterocycles. The maximum absolute atomic E-state index is 10.5. The van der Waals surface area contributed by atoms with E-state index in [0.717, 1.165) is 11.1 Å². The molecule has 0 aliphatic rings. The van der Waals surface area contributed by atoms with Gasteiger partial charge in [-0.25, -0.2) is 0 Å². The molecule has 0 aromatic heterocycles. The van der Waals surface area contributed by atoms with E-state index in [1.807, 2.05) is 24.3 Å². The summed E-state index contributed by atoms with van der Waals surface area (Å²) in [4.78, 5) is 10.5. The van der Waals surface area contributed by atoms with Crippen LogP contribution < -0.4 is 11.1 Å². The molecule has 0 radical (unpaired) electrons. The van der Waals surface area contributed by atoms with Crippen LogP contribution in [0.15, 0.2) is 24.3 Å². The predicted molar refractivity (Wildman–Crippen MR) is 64.5 cm³/mol. The molecule has 0 heterocycles. The lowest BCUT2D eigenvalue weighted by molar-refractivity contribution is -0.138. The number of nitrogens with one attached hydrogen (secondary N) is 1. The Bertz CT molecular complexity index is 369. The second-order valence-corrected chi connectivity index (χ2v) is 3.78. The van der Waals surface area contributed by atoms with E-state index in [1.165, 1.54) is 0 Å². The second-order valence-electron chi connectivity index (χ2n) is 3.78. The summed E-state index contributed by atoms with van der Waals surface area (Å²) < 4.78 is 5.09. The van der Waals surface area contributed by atoms with Gasteiger partial charge in [0.2, 0.25) is 0 Å². The Balaban J connectivity index is 2.48. The first kappa shape index (κ1) is 13.6. The number of hydrogen-bond donors (Lipinski definition) is 3. The molecule has 1 atom stereocenters. The van der Waals surface area contributed by atoms with E-state index in [0.29, 0.717) is 13.2 Å². The van der Waals surface area contributed by atoms with E-state index >= 15 is 0 Å². The predicted octanol–water partition coefficient (Wildman–Crippen LogP) is 0.335. The smallest absolute Gasteiger partial charge is 0.321 e. The maximum atomic E-state index is 10.5. The van der Waals surface area contributed by atoms with Gasteiger partial charge in [-0.2, -0.15) is 0 Å². The third-order valence-corrected chi connectivity index (χ3v) is 2.42. The van der Waals surface area contributed by atoms with E-state index < -0.39 is 12.0 Å². The van der Waals surface area contributed by atoms with Crippen molar-refractivity contribution in [2.45, 2.75) is 19.2 Å². The van der Waals surface area contributed by atoms with Crippen LogP contribution in [0.5, 0.6) is 0 Å². The fourth-order valence-electron chi connectivity index (χ4n) is 1.48. The molecule has 94 valence electrons. The molecular formula is C12H18N2O3. The van der Waals surface area contributed by atoms with Crippen LogP contribution in [-0.2, 0) is 22.7 Å². The summed E-state index contributed by atoms with van der Waals surface area (Å²) in [5, 5.41) is 11.7. The minimum atomic E-state index is -0.998. The number of aliphatic carboxylic acids is 1. The summed E-state index contributed by atoms with van der Waals surface area (Å²) in [6.07, 6.45) is 0. The van der Waals surface area contributed by atoms with Gasteiger partial charge in [-0.15, -0.1) is 0 Å². The Labute approximate surface area is 101 Å². The van der Waals surface area contributed by atoms with Crippen molar-refractivity contribution in [2.75, 3.05) is 13.7 Å². The SMILES string of the molecule is COCc1ccccc1CNCC(N)C(=O)O. The average Bonchev–Trinajstić information content (AvgIpc) is 2.31. The normalized spacial score (nSPS) is 12.4. The van der Waals surface area contributed by atoms with E-state index in [1.54, 1.807) is 7.11 Å². The maximum Gasteiger partial charge on any atom is 0.321 e. The topological polar surface area (TPSA) is 84.6 Å². The van der Waals surface area contributed by atoms with Crippen LogP contribution >= 0.6 is 0 Å². The Morgan fingerprint density at radius 3 is 2.71 bits per heavy atom. The number of benzene rings is 1. The summed E-state index contributed by atoms with van der Waals surface area (Å²) in [5.41, 5.74) is 7.57. The Kier molecular flexibility index (Phi) is 5.62. The molecule has 1 aromatic carbocycles. The zero-order chi connectivity index (χ0) is 12.7. The molecule has 0 aliphatic carbocycles. The van der Waals surface area contributed by atoms with Gasteiger partial charge in [0.15, 0.2) is 0 Å². The monoisotopic (exact) mass is 238 g/mol. The number of rotatable bonds is 7. The standard InChI is InChI=1S/C12H18N2O3/c1-17-8-10-5-3-2-4-9(10)6-14-7-11(13)12(15)16/h2-5,11,14H,6-8,13H2,1H3,(H,15,16). The van der Waals surface area contributed by atoms with Crippen molar-refractivity contribution < 1.29 is 14.6 Å². The fraction of sp³-hybridized carbons (Fsp3) is 0.417. The quantitative estimate of drug-likeness (QED) is 0.637. The van der Waals surface area contributed by atoms with Crippen molar-refractivity contribution in [3.05, 3.63) is 35.4 Å². The second kappa shape index (κ2) is 7.01. The highest BCUT2D eigenvalue weighted by Crippen LogP contribution is 2.09. The number of carbonyl (C=O) groups is 1. The molecule has 0 bridgehead atoms. The van der Waals surface area contributed by atoms with E-state index in [-0.39, 0.29) is 6.54 Å². The molecule has 0 amide bonds. The van der Waals surface area contributed by atoms with E-state index in [4.69, 9.17) is 15.6 Å². The zero-order valence-corrected chi connectivity index (χ0v) is 9.85. The number of hydrogen-bond acceptors (Lipinski definition) is 4. The molecule has 17 heavy (non-hydrogen) atoms. The Morgan fingerprint density at radius 2 is 2.12 bits per heavy atom. The van der Waals surface area contributed by atoms with E-state index in [9.17, 15) is 4.79 Å². The van der Waals surface area contributed by atoms with Gasteiger partial charge < -0.3 is 20.9 Å². The largest absolute Gasteiger partial charge is 0.480 e. The first-order valence-corrected chi connectivity index (χ1v) is 5.40. The van der Waals surface area contributed by atoms with Crippen molar-refractivity contribution in [3.8, 4) is 0 Å². The van der Waals surface area contributed by atoms with Gasteiger partial charge in [0.1, 0.15) is 6.04 Å². The van der Waals surface area contributed by atoms with Gasteiger partial charge in [0, 0.05) is 20.2 Å². The third-order valence-electron chi connectivity index (χ3n) is 2.42. The minimum Gasteiger partial charge on any atom is -0.480 e. The number of carboxylic acids is 1. The summed E-state index contributed by atoms with van der Waals surface area (Å²) in [5.74, 6) is -0.998. The summed E-state index contributed by atoms with van der Waals surface area (Å²) in [6.45, 7) is 1.38. The van der Waals surface area contributed by atoms with Crippen LogP contribution in [-0.4, -0.2) is 30.8 Å². The lowest BCUT2D eigenvalue weighted by atomic mass is 10.1. The highest BCUT2D eigenvalue weighted by Gasteiger charge is 2.10. The molecule has 5 nitrogen and oxygen atoms in total. The average molecular weight is 238 g/mol. The Morgan fingerprint density at radius 1 is 1.47 bits per heavy atom. The first-order valence-electron chi connectivity index (χ1n) is 5.40. The lowest BCUT2D eigenvalue weighted by Gasteiger charge is -2.11. The van der Waals surface area contributed by atoms with Crippen molar-refractivity contribution >= 4 is 5.97 Å². The molecule has 0 saturated heterocycles. The molecule has 4 N–H and O–H groups in total. The number of ether oxygens (including phenoxy) is 1. The highest BCUT2D eigenvalue weighted by atomic mass is 16.5. The summed E-state index contributed by atoms with van der Waals surface area (Å²) >= 11 is 0. The summed E-state index contributed by atoms with van der Waals surface area (Å²) in [6, 6.07) is 6.98. The summed E-state index contributed by atoms with van der Waals surface area (Å²) in [7, 11) is 1.64. The lowest BCUT2D eigenvalue weighted by Crippen LogP contribution is -2.40. The number of methoxy groups -OCH3 is 1. The van der Waals surface area contributed by atoms with Crippen LogP contribution in [0.3, 0.4) is 0 Å². The fourth-order valence-corrected chi connectivity index (χ4v) is 1.48. The van der Waals surface area contributed by atoms with E-state index in [2.05, 4.69) is 5.32 Å². The highest BCUT2D eigenvalue weighted by molar-refractivity contribution is 5.73.